The van der Waals surface area contributed by atoms with E-state index in [1.807, 2.05) is 6.92 Å². The molecule has 0 spiro atoms. The summed E-state index contributed by atoms with van der Waals surface area (Å²) in [5, 5.41) is 12.2. The molecule has 2 unspecified atom stereocenters. The van der Waals surface area contributed by atoms with Crippen LogP contribution in [0.1, 0.15) is 36.8 Å². The maximum Gasteiger partial charge on any atom is 0.198 e. The highest BCUT2D eigenvalue weighted by atomic mass is 16.4. The average Bonchev–Trinajstić information content (AvgIpc) is 2.86. The number of hydrogen-bond acceptors (Lipinski definition) is 4. The van der Waals surface area contributed by atoms with Crippen LogP contribution in [-0.4, -0.2) is 29.8 Å². The monoisotopic (exact) mass is 196 g/mol. The number of nitrogens with one attached hydrogen (secondary N) is 1. The third-order valence-corrected chi connectivity index (χ3v) is 2.71. The highest BCUT2D eigenvalue weighted by molar-refractivity contribution is 5.05. The zero-order valence-corrected chi connectivity index (χ0v) is 8.36. The molecule has 78 valence electrons. The summed E-state index contributed by atoms with van der Waals surface area (Å²) in [5.74, 6) is 2.06. The van der Waals surface area contributed by atoms with E-state index in [9.17, 15) is 0 Å². The fourth-order valence-electron chi connectivity index (χ4n) is 1.67. The summed E-state index contributed by atoms with van der Waals surface area (Å²) >= 11 is 0. The average molecular weight is 196 g/mol. The quantitative estimate of drug-likeness (QED) is 0.752. The number of hydrogen-bond donors (Lipinski definition) is 2. The van der Waals surface area contributed by atoms with Gasteiger partial charge in [-0.05, 0) is 13.0 Å². The van der Waals surface area contributed by atoms with Gasteiger partial charge in [-0.3, -0.25) is 0 Å². The zero-order chi connectivity index (χ0) is 9.97. The van der Waals surface area contributed by atoms with E-state index in [1.165, 1.54) is 0 Å². The molecule has 0 aromatic carbocycles. The van der Waals surface area contributed by atoms with Crippen LogP contribution in [0.4, 0.5) is 0 Å². The van der Waals surface area contributed by atoms with Gasteiger partial charge in [-0.15, -0.1) is 0 Å². The molecule has 1 saturated heterocycles. The van der Waals surface area contributed by atoms with Crippen molar-refractivity contribution in [3.05, 3.63) is 17.8 Å². The second-order valence-electron chi connectivity index (χ2n) is 3.87. The van der Waals surface area contributed by atoms with Crippen molar-refractivity contribution in [2.75, 3.05) is 19.7 Å². The minimum Gasteiger partial charge on any atom is -0.445 e. The Labute approximate surface area is 83.3 Å². The lowest BCUT2D eigenvalue weighted by Crippen LogP contribution is -2.08. The summed E-state index contributed by atoms with van der Waals surface area (Å²) in [5.41, 5.74) is 0. The van der Waals surface area contributed by atoms with Crippen LogP contribution >= 0.6 is 0 Å². The molecule has 0 amide bonds. The first-order valence-corrected chi connectivity index (χ1v) is 5.08. The summed E-state index contributed by atoms with van der Waals surface area (Å²) in [4.78, 5) is 4.25. The Hall–Kier alpha value is -0.870. The van der Waals surface area contributed by atoms with E-state index < -0.39 is 0 Å². The largest absolute Gasteiger partial charge is 0.445 e. The van der Waals surface area contributed by atoms with Gasteiger partial charge in [-0.2, -0.15) is 0 Å². The van der Waals surface area contributed by atoms with Gasteiger partial charge in [0.1, 0.15) is 5.76 Å². The van der Waals surface area contributed by atoms with E-state index >= 15 is 0 Å². The highest BCUT2D eigenvalue weighted by Crippen LogP contribution is 2.24. The normalized spacial score (nSPS) is 24.0. The molecule has 0 saturated carbocycles. The Bertz CT molecular complexity index is 292. The third kappa shape index (κ3) is 1.81. The van der Waals surface area contributed by atoms with E-state index in [1.54, 1.807) is 6.20 Å². The van der Waals surface area contributed by atoms with Crippen LogP contribution in [0.15, 0.2) is 10.6 Å². The lowest BCUT2D eigenvalue weighted by atomic mass is 10.1. The molecule has 0 radical (unpaired) electrons. The summed E-state index contributed by atoms with van der Waals surface area (Å²) in [6, 6.07) is 0. The number of aromatic nitrogens is 1. The maximum atomic E-state index is 8.96. The summed E-state index contributed by atoms with van der Waals surface area (Å²) < 4.78 is 5.61. The van der Waals surface area contributed by atoms with Gasteiger partial charge in [-0.1, -0.05) is 6.92 Å². The Balaban J connectivity index is 2.08. The molecule has 1 aliphatic rings. The molecule has 2 atom stereocenters. The molecule has 1 aliphatic heterocycles. The summed E-state index contributed by atoms with van der Waals surface area (Å²) in [7, 11) is 0. The number of oxazole rings is 1. The van der Waals surface area contributed by atoms with Gasteiger partial charge in [0.05, 0.1) is 12.8 Å². The summed E-state index contributed by atoms with van der Waals surface area (Å²) in [6.07, 6.45) is 2.82. The molecule has 0 aliphatic carbocycles. The van der Waals surface area contributed by atoms with Crippen molar-refractivity contribution in [2.24, 2.45) is 0 Å². The number of aliphatic hydroxyl groups is 1. The first kappa shape index (κ1) is 9.68. The molecule has 4 nitrogen and oxygen atoms in total. The van der Waals surface area contributed by atoms with Crippen LogP contribution in [0.5, 0.6) is 0 Å². The van der Waals surface area contributed by atoms with E-state index in [-0.39, 0.29) is 12.5 Å². The van der Waals surface area contributed by atoms with Gasteiger partial charge in [0.2, 0.25) is 0 Å². The molecular weight excluding hydrogens is 180 g/mol. The molecular formula is C10H16N2O2. The van der Waals surface area contributed by atoms with Crippen LogP contribution in [0.3, 0.4) is 0 Å². The van der Waals surface area contributed by atoms with E-state index in [0.29, 0.717) is 5.92 Å². The molecule has 1 aromatic heterocycles. The van der Waals surface area contributed by atoms with Crippen LogP contribution in [0.25, 0.3) is 0 Å². The molecule has 0 bridgehead atoms. The molecule has 14 heavy (non-hydrogen) atoms. The number of rotatable bonds is 3. The predicted octanol–water partition coefficient (Wildman–Crippen LogP) is 0.847. The lowest BCUT2D eigenvalue weighted by molar-refractivity contribution is 0.254. The van der Waals surface area contributed by atoms with Crippen molar-refractivity contribution in [3.63, 3.8) is 0 Å². The Morgan fingerprint density at radius 2 is 2.64 bits per heavy atom. The zero-order valence-electron chi connectivity index (χ0n) is 8.36. The molecule has 4 heteroatoms. The fraction of sp³-hybridized carbons (Fsp3) is 0.700. The van der Waals surface area contributed by atoms with Crippen molar-refractivity contribution in [1.82, 2.24) is 10.3 Å². The lowest BCUT2D eigenvalue weighted by Gasteiger charge is -2.04. The van der Waals surface area contributed by atoms with Gasteiger partial charge in [0.15, 0.2) is 5.89 Å². The molecule has 1 fully saturated rings. The Morgan fingerprint density at radius 1 is 1.79 bits per heavy atom. The summed E-state index contributed by atoms with van der Waals surface area (Å²) in [6.45, 7) is 4.03. The maximum absolute atomic E-state index is 8.96. The second-order valence-corrected chi connectivity index (χ2v) is 3.87. The van der Waals surface area contributed by atoms with E-state index in [0.717, 1.165) is 31.2 Å². The molecule has 2 N–H and O–H groups in total. The Kier molecular flexibility index (Phi) is 2.84. The van der Waals surface area contributed by atoms with Crippen molar-refractivity contribution >= 4 is 0 Å². The molecule has 1 aromatic rings. The van der Waals surface area contributed by atoms with E-state index in [4.69, 9.17) is 9.52 Å². The first-order chi connectivity index (χ1) is 6.81. The van der Waals surface area contributed by atoms with Crippen LogP contribution in [0, 0.1) is 0 Å². The first-order valence-electron chi connectivity index (χ1n) is 5.08. The standard InChI is InChI=1S/C10H16N2O2/c1-7(6-13)9-5-12-10(14-9)8-2-3-11-4-8/h5,7-8,11,13H,2-4,6H2,1H3. The van der Waals surface area contributed by atoms with Gasteiger partial charge >= 0.3 is 0 Å². The predicted molar refractivity (Wildman–Crippen MR) is 52.2 cm³/mol. The van der Waals surface area contributed by atoms with Crippen molar-refractivity contribution < 1.29 is 9.52 Å². The topological polar surface area (TPSA) is 58.3 Å². The fourth-order valence-corrected chi connectivity index (χ4v) is 1.67. The van der Waals surface area contributed by atoms with Crippen molar-refractivity contribution in [2.45, 2.75) is 25.2 Å². The molecule has 2 rings (SSSR count). The van der Waals surface area contributed by atoms with Crippen molar-refractivity contribution in [1.29, 1.82) is 0 Å². The minimum absolute atomic E-state index is 0.0469. The molecule has 2 heterocycles. The third-order valence-electron chi connectivity index (χ3n) is 2.71. The van der Waals surface area contributed by atoms with Gasteiger partial charge in [0.25, 0.3) is 0 Å². The number of aliphatic hydroxyl groups excluding tert-OH is 1. The minimum atomic E-state index is 0.0469. The van der Waals surface area contributed by atoms with Gasteiger partial charge < -0.3 is 14.8 Å². The second kappa shape index (κ2) is 4.11. The SMILES string of the molecule is CC(CO)c1cnc(C2CCNC2)o1. The van der Waals surface area contributed by atoms with Crippen molar-refractivity contribution in [3.8, 4) is 0 Å². The Morgan fingerprint density at radius 3 is 3.29 bits per heavy atom. The highest BCUT2D eigenvalue weighted by Gasteiger charge is 2.22. The van der Waals surface area contributed by atoms with Crippen LogP contribution in [-0.2, 0) is 0 Å². The van der Waals surface area contributed by atoms with Gasteiger partial charge in [0, 0.05) is 18.4 Å². The number of nitrogens with zero attached hydrogens (tertiary/aromatic N) is 1. The van der Waals surface area contributed by atoms with Crippen LogP contribution < -0.4 is 5.32 Å². The van der Waals surface area contributed by atoms with E-state index in [2.05, 4.69) is 10.3 Å². The van der Waals surface area contributed by atoms with Gasteiger partial charge in [-0.25, -0.2) is 4.98 Å². The smallest absolute Gasteiger partial charge is 0.198 e. The van der Waals surface area contributed by atoms with Crippen LogP contribution in [0.2, 0.25) is 0 Å².